The fourth-order valence-corrected chi connectivity index (χ4v) is 5.86. The van der Waals surface area contributed by atoms with Gasteiger partial charge in [-0.15, -0.1) is 0 Å². The van der Waals surface area contributed by atoms with Crippen molar-refractivity contribution in [2.75, 3.05) is 6.61 Å². The van der Waals surface area contributed by atoms with Gasteiger partial charge in [0.25, 0.3) is 5.56 Å². The molecule has 0 unspecified atom stereocenters. The lowest BCUT2D eigenvalue weighted by Crippen LogP contribution is -2.39. The molecule has 2 heterocycles. The van der Waals surface area contributed by atoms with Crippen molar-refractivity contribution in [3.63, 3.8) is 0 Å². The predicted molar refractivity (Wildman–Crippen MR) is 154 cm³/mol. The molecule has 1 aromatic heterocycles. The Kier molecular flexibility index (Phi) is 8.02. The smallest absolute Gasteiger partial charge is 0.338 e. The molecule has 1 aliphatic rings. The van der Waals surface area contributed by atoms with Crippen LogP contribution in [0.2, 0.25) is 10.0 Å². The third-order valence-electron chi connectivity index (χ3n) is 6.22. The summed E-state index contributed by atoms with van der Waals surface area (Å²) in [6.45, 7) is 4.06. The van der Waals surface area contributed by atoms with Gasteiger partial charge < -0.3 is 9.47 Å². The second-order valence-electron chi connectivity index (χ2n) is 8.81. The summed E-state index contributed by atoms with van der Waals surface area (Å²) in [6, 6.07) is 21.5. The van der Waals surface area contributed by atoms with Gasteiger partial charge in [0.2, 0.25) is 0 Å². The highest BCUT2D eigenvalue weighted by molar-refractivity contribution is 7.07. The number of aromatic nitrogens is 1. The van der Waals surface area contributed by atoms with Crippen LogP contribution in [0, 0.1) is 0 Å². The standard InChI is InChI=1S/C30H24Cl2N2O4S/c1-3-37-29(36)26-18(2)33-30-34(27(26)20-7-5-4-6-8-20)28(35)25(39-30)15-19-9-13-23(14-10-19)38-17-21-11-12-22(31)16-24(21)32/h4-16,27H,3,17H2,1-2H3/b25-15-/t27-/m1/s1. The number of hydrogen-bond donors (Lipinski definition) is 0. The molecule has 4 aromatic rings. The second-order valence-corrected chi connectivity index (χ2v) is 10.7. The molecule has 9 heteroatoms. The number of benzene rings is 3. The summed E-state index contributed by atoms with van der Waals surface area (Å²) in [4.78, 5) is 31.8. The minimum atomic E-state index is -0.626. The molecule has 0 saturated carbocycles. The summed E-state index contributed by atoms with van der Waals surface area (Å²) in [6.07, 6.45) is 1.81. The van der Waals surface area contributed by atoms with Crippen molar-refractivity contribution >= 4 is 46.6 Å². The molecule has 0 amide bonds. The largest absolute Gasteiger partial charge is 0.489 e. The van der Waals surface area contributed by atoms with Crippen molar-refractivity contribution in [3.8, 4) is 5.75 Å². The number of ether oxygens (including phenoxy) is 2. The molecule has 0 spiro atoms. The summed E-state index contributed by atoms with van der Waals surface area (Å²) >= 11 is 13.5. The normalized spacial score (nSPS) is 15.1. The third kappa shape index (κ3) is 5.71. The van der Waals surface area contributed by atoms with Crippen LogP contribution < -0.4 is 19.6 Å². The Morgan fingerprint density at radius 1 is 1.08 bits per heavy atom. The topological polar surface area (TPSA) is 69.9 Å². The van der Waals surface area contributed by atoms with Crippen molar-refractivity contribution < 1.29 is 14.3 Å². The van der Waals surface area contributed by atoms with E-state index in [1.807, 2.05) is 66.7 Å². The van der Waals surface area contributed by atoms with Crippen LogP contribution in [0.15, 0.2) is 93.9 Å². The highest BCUT2D eigenvalue weighted by Crippen LogP contribution is 2.30. The SMILES string of the molecule is CCOC(=O)C1=C(C)N=c2s/c(=C\c3ccc(OCc4ccc(Cl)cc4Cl)cc3)c(=O)n2[C@@H]1c1ccccc1. The van der Waals surface area contributed by atoms with E-state index in [1.54, 1.807) is 30.5 Å². The molecular weight excluding hydrogens is 555 g/mol. The Labute approximate surface area is 239 Å². The van der Waals surface area contributed by atoms with Gasteiger partial charge in [0.15, 0.2) is 4.80 Å². The number of nitrogens with zero attached hydrogens (tertiary/aromatic N) is 2. The summed E-state index contributed by atoms with van der Waals surface area (Å²) in [5.41, 5.74) is 3.15. The Morgan fingerprint density at radius 2 is 1.82 bits per heavy atom. The zero-order valence-electron chi connectivity index (χ0n) is 21.2. The van der Waals surface area contributed by atoms with E-state index in [0.717, 1.165) is 16.7 Å². The van der Waals surface area contributed by atoms with Crippen LogP contribution in [0.25, 0.3) is 6.08 Å². The average Bonchev–Trinajstić information content (AvgIpc) is 3.22. The molecular formula is C30H24Cl2N2O4S. The molecule has 39 heavy (non-hydrogen) atoms. The maximum atomic E-state index is 13.7. The number of carbonyl (C=O) groups is 1. The number of hydrogen-bond acceptors (Lipinski definition) is 6. The van der Waals surface area contributed by atoms with Gasteiger partial charge in [-0.3, -0.25) is 9.36 Å². The van der Waals surface area contributed by atoms with Crippen LogP contribution in [-0.4, -0.2) is 17.1 Å². The van der Waals surface area contributed by atoms with Crippen LogP contribution in [-0.2, 0) is 16.1 Å². The van der Waals surface area contributed by atoms with Gasteiger partial charge in [-0.2, -0.15) is 0 Å². The van der Waals surface area contributed by atoms with Gasteiger partial charge in [0, 0.05) is 15.6 Å². The lowest BCUT2D eigenvalue weighted by Gasteiger charge is -2.24. The number of halogens is 2. The van der Waals surface area contributed by atoms with Crippen LogP contribution in [0.3, 0.4) is 0 Å². The quantitative estimate of drug-likeness (QED) is 0.264. The van der Waals surface area contributed by atoms with Gasteiger partial charge >= 0.3 is 5.97 Å². The zero-order chi connectivity index (χ0) is 27.5. The van der Waals surface area contributed by atoms with Gasteiger partial charge in [-0.1, -0.05) is 83.1 Å². The third-order valence-corrected chi connectivity index (χ3v) is 7.79. The summed E-state index contributed by atoms with van der Waals surface area (Å²) in [7, 11) is 0. The number of esters is 1. The number of allylic oxidation sites excluding steroid dienone is 1. The first-order chi connectivity index (χ1) is 18.9. The lowest BCUT2D eigenvalue weighted by molar-refractivity contribution is -0.139. The van der Waals surface area contributed by atoms with Gasteiger partial charge in [-0.25, -0.2) is 9.79 Å². The Balaban J connectivity index is 1.47. The Hall–Kier alpha value is -3.65. The molecule has 5 rings (SSSR count). The molecule has 1 aliphatic heterocycles. The number of carbonyl (C=O) groups excluding carboxylic acids is 1. The van der Waals surface area contributed by atoms with Crippen LogP contribution in [0.4, 0.5) is 0 Å². The van der Waals surface area contributed by atoms with Crippen LogP contribution >= 0.6 is 34.5 Å². The summed E-state index contributed by atoms with van der Waals surface area (Å²) < 4.78 is 13.3. The van der Waals surface area contributed by atoms with Gasteiger partial charge in [0.1, 0.15) is 12.4 Å². The average molecular weight is 580 g/mol. The minimum absolute atomic E-state index is 0.223. The van der Waals surface area contributed by atoms with Crippen LogP contribution in [0.5, 0.6) is 5.75 Å². The van der Waals surface area contributed by atoms with E-state index < -0.39 is 12.0 Å². The molecule has 1 atom stereocenters. The summed E-state index contributed by atoms with van der Waals surface area (Å²) in [5, 5.41) is 1.12. The van der Waals surface area contributed by atoms with E-state index in [1.165, 1.54) is 11.3 Å². The monoisotopic (exact) mass is 578 g/mol. The van der Waals surface area contributed by atoms with E-state index in [4.69, 9.17) is 32.7 Å². The van der Waals surface area contributed by atoms with Crippen LogP contribution in [0.1, 0.15) is 36.6 Å². The van der Waals surface area contributed by atoms with Gasteiger partial charge in [-0.05, 0) is 55.3 Å². The summed E-state index contributed by atoms with van der Waals surface area (Å²) in [5.74, 6) is 0.191. The van der Waals surface area contributed by atoms with Crippen molar-refractivity contribution in [1.29, 1.82) is 0 Å². The number of fused-ring (bicyclic) bond motifs is 1. The zero-order valence-corrected chi connectivity index (χ0v) is 23.5. The van der Waals surface area contributed by atoms with E-state index in [-0.39, 0.29) is 12.2 Å². The molecule has 6 nitrogen and oxygen atoms in total. The Bertz CT molecular complexity index is 1740. The van der Waals surface area contributed by atoms with Gasteiger partial charge in [0.05, 0.1) is 28.5 Å². The lowest BCUT2D eigenvalue weighted by atomic mass is 9.96. The molecule has 0 fully saturated rings. The van der Waals surface area contributed by atoms with Crippen molar-refractivity contribution in [2.24, 2.45) is 4.99 Å². The maximum Gasteiger partial charge on any atom is 0.338 e. The highest BCUT2D eigenvalue weighted by atomic mass is 35.5. The fraction of sp³-hybridized carbons (Fsp3) is 0.167. The number of thiazole rings is 1. The van der Waals surface area contributed by atoms with Crippen molar-refractivity contribution in [1.82, 2.24) is 4.57 Å². The van der Waals surface area contributed by atoms with E-state index in [9.17, 15) is 9.59 Å². The first kappa shape index (κ1) is 26.9. The molecule has 0 radical (unpaired) electrons. The molecule has 0 saturated heterocycles. The minimum Gasteiger partial charge on any atom is -0.489 e. The van der Waals surface area contributed by atoms with E-state index in [2.05, 4.69) is 4.99 Å². The molecule has 198 valence electrons. The predicted octanol–water partition coefficient (Wildman–Crippen LogP) is 5.68. The molecule has 0 aliphatic carbocycles. The van der Waals surface area contributed by atoms with E-state index in [0.29, 0.717) is 43.0 Å². The second kappa shape index (κ2) is 11.6. The number of rotatable bonds is 7. The molecule has 0 bridgehead atoms. The molecule has 3 aromatic carbocycles. The van der Waals surface area contributed by atoms with E-state index >= 15 is 0 Å². The Morgan fingerprint density at radius 3 is 2.51 bits per heavy atom. The first-order valence-corrected chi connectivity index (χ1v) is 13.8. The van der Waals surface area contributed by atoms with Crippen molar-refractivity contribution in [2.45, 2.75) is 26.5 Å². The fourth-order valence-electron chi connectivity index (χ4n) is 4.35. The van der Waals surface area contributed by atoms with Crippen molar-refractivity contribution in [3.05, 3.63) is 130 Å². The first-order valence-electron chi connectivity index (χ1n) is 12.3. The molecule has 0 N–H and O–H groups in total. The maximum absolute atomic E-state index is 13.7. The highest BCUT2D eigenvalue weighted by Gasteiger charge is 2.33.